The molecule has 1 nitrogen and oxygen atoms in total. The first kappa shape index (κ1) is 14.8. The average Bonchev–Trinajstić information content (AvgIpc) is 2.47. The van der Waals surface area contributed by atoms with E-state index in [0.717, 1.165) is 10.9 Å². The molecule has 110 valence electrons. The number of halogens is 1. The quantitative estimate of drug-likeness (QED) is 0.841. The Morgan fingerprint density at radius 2 is 1.67 bits per heavy atom. The molecule has 0 aliphatic heterocycles. The summed E-state index contributed by atoms with van der Waals surface area (Å²) in [4.78, 5) is 0. The van der Waals surface area contributed by atoms with Crippen LogP contribution in [0.4, 0.5) is 0 Å². The predicted octanol–water partition coefficient (Wildman–Crippen LogP) is 4.83. The minimum Gasteiger partial charge on any atom is -0.305 e. The molecule has 0 saturated carbocycles. The van der Waals surface area contributed by atoms with Crippen LogP contribution in [0.5, 0.6) is 0 Å². The van der Waals surface area contributed by atoms with E-state index < -0.39 is 0 Å². The van der Waals surface area contributed by atoms with Crippen molar-refractivity contribution >= 4 is 15.9 Å². The van der Waals surface area contributed by atoms with Crippen molar-refractivity contribution < 1.29 is 0 Å². The van der Waals surface area contributed by atoms with Crippen LogP contribution in [0.3, 0.4) is 0 Å². The van der Waals surface area contributed by atoms with Crippen molar-refractivity contribution in [2.45, 2.75) is 44.7 Å². The lowest BCUT2D eigenvalue weighted by atomic mass is 9.85. The highest BCUT2D eigenvalue weighted by Crippen LogP contribution is 2.27. The summed E-state index contributed by atoms with van der Waals surface area (Å²) in [6, 6.07) is 18.0. The van der Waals surface area contributed by atoms with Gasteiger partial charge in [-0.2, -0.15) is 0 Å². The highest BCUT2D eigenvalue weighted by atomic mass is 79.9. The molecule has 2 aromatic carbocycles. The molecule has 0 radical (unpaired) electrons. The fourth-order valence-corrected chi connectivity index (χ4v) is 3.55. The highest BCUT2D eigenvalue weighted by molar-refractivity contribution is 9.10. The molecule has 2 heteroatoms. The van der Waals surface area contributed by atoms with Crippen LogP contribution in [0.15, 0.2) is 53.0 Å². The molecule has 0 aromatic heterocycles. The number of fused-ring (bicyclic) bond motifs is 1. The Balaban J connectivity index is 1.73. The SMILES string of the molecule is CC(C)(NC1CCc2ccccc2C1)c1ccc(Br)cc1. The molecular weight excluding hydrogens is 322 g/mol. The van der Waals surface area contributed by atoms with Crippen LogP contribution in [-0.2, 0) is 18.4 Å². The lowest BCUT2D eigenvalue weighted by molar-refractivity contribution is 0.319. The topological polar surface area (TPSA) is 12.0 Å². The van der Waals surface area contributed by atoms with E-state index in [-0.39, 0.29) is 5.54 Å². The maximum atomic E-state index is 3.86. The van der Waals surface area contributed by atoms with Gasteiger partial charge in [-0.1, -0.05) is 52.3 Å². The van der Waals surface area contributed by atoms with Crippen LogP contribution in [0, 0.1) is 0 Å². The summed E-state index contributed by atoms with van der Waals surface area (Å²) in [5, 5.41) is 3.86. The third-order valence-electron chi connectivity index (χ3n) is 4.48. The van der Waals surface area contributed by atoms with Crippen LogP contribution in [0.1, 0.15) is 37.0 Å². The summed E-state index contributed by atoms with van der Waals surface area (Å²) in [5.74, 6) is 0. The van der Waals surface area contributed by atoms with E-state index in [1.165, 1.54) is 29.5 Å². The molecule has 0 amide bonds. The van der Waals surface area contributed by atoms with Crippen LogP contribution in [-0.4, -0.2) is 6.04 Å². The van der Waals surface area contributed by atoms with Gasteiger partial charge in [0.05, 0.1) is 0 Å². The molecule has 21 heavy (non-hydrogen) atoms. The molecule has 1 N–H and O–H groups in total. The van der Waals surface area contributed by atoms with Crippen molar-refractivity contribution in [3.05, 3.63) is 69.7 Å². The van der Waals surface area contributed by atoms with E-state index in [2.05, 4.69) is 83.6 Å². The van der Waals surface area contributed by atoms with Crippen molar-refractivity contribution in [2.75, 3.05) is 0 Å². The Labute approximate surface area is 135 Å². The predicted molar refractivity (Wildman–Crippen MR) is 92.6 cm³/mol. The Morgan fingerprint density at radius 1 is 1.00 bits per heavy atom. The second-order valence-corrected chi connectivity index (χ2v) is 7.40. The van der Waals surface area contributed by atoms with Gasteiger partial charge in [0.2, 0.25) is 0 Å². The van der Waals surface area contributed by atoms with Crippen molar-refractivity contribution in [3.8, 4) is 0 Å². The zero-order chi connectivity index (χ0) is 14.9. The number of nitrogens with one attached hydrogen (secondary N) is 1. The van der Waals surface area contributed by atoms with Gasteiger partial charge in [-0.05, 0) is 61.9 Å². The lowest BCUT2D eigenvalue weighted by Gasteiger charge is -2.35. The molecule has 1 atom stereocenters. The number of hydrogen-bond acceptors (Lipinski definition) is 1. The van der Waals surface area contributed by atoms with Gasteiger partial charge in [-0.3, -0.25) is 0 Å². The number of hydrogen-bond donors (Lipinski definition) is 1. The molecule has 0 saturated heterocycles. The molecule has 0 spiro atoms. The van der Waals surface area contributed by atoms with Gasteiger partial charge in [-0.25, -0.2) is 0 Å². The van der Waals surface area contributed by atoms with Crippen LogP contribution >= 0.6 is 15.9 Å². The fourth-order valence-electron chi connectivity index (χ4n) is 3.28. The highest BCUT2D eigenvalue weighted by Gasteiger charge is 2.26. The van der Waals surface area contributed by atoms with Gasteiger partial charge >= 0.3 is 0 Å². The summed E-state index contributed by atoms with van der Waals surface area (Å²) in [5.41, 5.74) is 4.37. The second-order valence-electron chi connectivity index (χ2n) is 6.48. The monoisotopic (exact) mass is 343 g/mol. The maximum absolute atomic E-state index is 3.86. The molecule has 0 bridgehead atoms. The van der Waals surface area contributed by atoms with Gasteiger partial charge in [0.1, 0.15) is 0 Å². The first-order valence-electron chi connectivity index (χ1n) is 7.65. The van der Waals surface area contributed by atoms with Gasteiger partial charge in [0, 0.05) is 16.1 Å². The Kier molecular flexibility index (Phi) is 4.19. The molecule has 1 aliphatic rings. The molecule has 0 heterocycles. The number of aryl methyl sites for hydroxylation is 1. The Bertz CT molecular complexity index is 616. The van der Waals surface area contributed by atoms with E-state index in [1.54, 1.807) is 0 Å². The summed E-state index contributed by atoms with van der Waals surface area (Å²) in [6.07, 6.45) is 3.54. The van der Waals surface area contributed by atoms with Gasteiger partial charge < -0.3 is 5.32 Å². The fraction of sp³-hybridized carbons (Fsp3) is 0.368. The third kappa shape index (κ3) is 3.38. The van der Waals surface area contributed by atoms with E-state index in [1.807, 2.05) is 0 Å². The van der Waals surface area contributed by atoms with Crippen molar-refractivity contribution in [3.63, 3.8) is 0 Å². The molecule has 2 aromatic rings. The van der Waals surface area contributed by atoms with Crippen LogP contribution in [0.25, 0.3) is 0 Å². The van der Waals surface area contributed by atoms with E-state index in [0.29, 0.717) is 6.04 Å². The van der Waals surface area contributed by atoms with Gasteiger partial charge in [0.15, 0.2) is 0 Å². The first-order valence-corrected chi connectivity index (χ1v) is 8.44. The Hall–Kier alpha value is -1.12. The summed E-state index contributed by atoms with van der Waals surface area (Å²) < 4.78 is 1.13. The first-order chi connectivity index (χ1) is 10.0. The van der Waals surface area contributed by atoms with E-state index in [9.17, 15) is 0 Å². The minimum absolute atomic E-state index is 0.00233. The standard InChI is InChI=1S/C19H22BrN/c1-19(2,16-8-10-17(20)11-9-16)21-18-12-7-14-5-3-4-6-15(14)13-18/h3-6,8-11,18,21H,7,12-13H2,1-2H3. The molecular formula is C19H22BrN. The van der Waals surface area contributed by atoms with Crippen molar-refractivity contribution in [2.24, 2.45) is 0 Å². The summed E-state index contributed by atoms with van der Waals surface area (Å²) in [6.45, 7) is 4.55. The maximum Gasteiger partial charge on any atom is 0.0379 e. The molecule has 3 rings (SSSR count). The van der Waals surface area contributed by atoms with E-state index >= 15 is 0 Å². The number of benzene rings is 2. The zero-order valence-corrected chi connectivity index (χ0v) is 14.3. The van der Waals surface area contributed by atoms with E-state index in [4.69, 9.17) is 0 Å². The van der Waals surface area contributed by atoms with Crippen LogP contribution in [0.2, 0.25) is 0 Å². The molecule has 1 unspecified atom stereocenters. The zero-order valence-electron chi connectivity index (χ0n) is 12.7. The smallest absolute Gasteiger partial charge is 0.0379 e. The largest absolute Gasteiger partial charge is 0.305 e. The molecule has 0 fully saturated rings. The minimum atomic E-state index is -0.00233. The normalized spacial score (nSPS) is 18.3. The number of rotatable bonds is 3. The summed E-state index contributed by atoms with van der Waals surface area (Å²) in [7, 11) is 0. The third-order valence-corrected chi connectivity index (χ3v) is 5.01. The lowest BCUT2D eigenvalue weighted by Crippen LogP contribution is -2.46. The second kappa shape index (κ2) is 5.94. The van der Waals surface area contributed by atoms with Gasteiger partial charge in [-0.15, -0.1) is 0 Å². The van der Waals surface area contributed by atoms with Crippen LogP contribution < -0.4 is 5.32 Å². The average molecular weight is 344 g/mol. The van der Waals surface area contributed by atoms with Gasteiger partial charge in [0.25, 0.3) is 0 Å². The van der Waals surface area contributed by atoms with Crippen molar-refractivity contribution in [1.29, 1.82) is 0 Å². The molecule has 1 aliphatic carbocycles. The Morgan fingerprint density at radius 3 is 2.38 bits per heavy atom. The van der Waals surface area contributed by atoms with Crippen molar-refractivity contribution in [1.82, 2.24) is 5.32 Å². The summed E-state index contributed by atoms with van der Waals surface area (Å²) >= 11 is 3.51.